The normalized spacial score (nSPS) is 26.4. The van der Waals surface area contributed by atoms with E-state index in [2.05, 4.69) is 30.9 Å². The molecule has 0 aromatic carbocycles. The maximum absolute atomic E-state index is 12.4. The van der Waals surface area contributed by atoms with Crippen LogP contribution in [0.4, 0.5) is 0 Å². The summed E-state index contributed by atoms with van der Waals surface area (Å²) < 4.78 is 0. The molecule has 2 aliphatic rings. The molecule has 1 heterocycles. The molecule has 0 saturated carbocycles. The Morgan fingerprint density at radius 2 is 2.20 bits per heavy atom. The quantitative estimate of drug-likeness (QED) is 0.562. The van der Waals surface area contributed by atoms with E-state index < -0.39 is 0 Å². The van der Waals surface area contributed by atoms with Crippen LogP contribution in [0.1, 0.15) is 52.4 Å². The first-order valence-electron chi connectivity index (χ1n) is 8.12. The van der Waals surface area contributed by atoms with Crippen LogP contribution in [-0.2, 0) is 4.79 Å². The summed E-state index contributed by atoms with van der Waals surface area (Å²) >= 11 is 1.81. The third-order valence-corrected chi connectivity index (χ3v) is 5.61. The molecule has 0 radical (unpaired) electrons. The first kappa shape index (κ1) is 15.9. The summed E-state index contributed by atoms with van der Waals surface area (Å²) in [5.41, 5.74) is 0.408. The van der Waals surface area contributed by atoms with Gasteiger partial charge in [-0.25, -0.2) is 0 Å². The van der Waals surface area contributed by atoms with Crippen molar-refractivity contribution in [3.8, 4) is 0 Å². The number of amides is 1. The van der Waals surface area contributed by atoms with Gasteiger partial charge in [0.2, 0.25) is 5.91 Å². The van der Waals surface area contributed by atoms with E-state index >= 15 is 0 Å². The van der Waals surface area contributed by atoms with E-state index in [1.165, 1.54) is 38.5 Å². The monoisotopic (exact) mass is 295 g/mol. The van der Waals surface area contributed by atoms with E-state index in [4.69, 9.17) is 0 Å². The van der Waals surface area contributed by atoms with Crippen molar-refractivity contribution in [2.45, 2.75) is 52.4 Å². The number of hydrogen-bond acceptors (Lipinski definition) is 2. The van der Waals surface area contributed by atoms with Crippen LogP contribution < -0.4 is 0 Å². The van der Waals surface area contributed by atoms with Gasteiger partial charge in [-0.3, -0.25) is 4.79 Å². The lowest BCUT2D eigenvalue weighted by molar-refractivity contribution is -0.132. The number of likely N-dealkylation sites (tertiary alicyclic amines) is 1. The lowest BCUT2D eigenvalue weighted by Crippen LogP contribution is -2.47. The second kappa shape index (κ2) is 7.53. The number of rotatable bonds is 5. The second-order valence-corrected chi connectivity index (χ2v) is 7.97. The minimum absolute atomic E-state index is 0.368. The number of piperidine rings is 1. The summed E-state index contributed by atoms with van der Waals surface area (Å²) in [5, 5.41) is 0. The van der Waals surface area contributed by atoms with Crippen molar-refractivity contribution in [2.75, 3.05) is 24.6 Å². The van der Waals surface area contributed by atoms with Gasteiger partial charge in [-0.1, -0.05) is 26.0 Å². The summed E-state index contributed by atoms with van der Waals surface area (Å²) in [6.45, 7) is 6.47. The first-order chi connectivity index (χ1) is 9.61. The molecule has 0 bridgehead atoms. The molecule has 0 N–H and O–H groups in total. The summed E-state index contributed by atoms with van der Waals surface area (Å²) in [6, 6.07) is 0. The molecule has 2 nitrogen and oxygen atoms in total. The zero-order valence-corrected chi connectivity index (χ0v) is 13.9. The standard InChI is InChI=1S/C17H29NOS/c1-15(2)7-12-20-13-16(19)18-11-6-10-17(14-18)8-4-3-5-9-17/h3-4,15H,5-14H2,1-2H3/t17-/m1/s1. The predicted molar refractivity (Wildman–Crippen MR) is 88.0 cm³/mol. The molecule has 1 spiro atoms. The zero-order valence-electron chi connectivity index (χ0n) is 13.1. The Labute approximate surface area is 128 Å². The third kappa shape index (κ3) is 4.54. The minimum Gasteiger partial charge on any atom is -0.341 e. The molecule has 0 aromatic heterocycles. The van der Waals surface area contributed by atoms with Crippen LogP contribution in [0, 0.1) is 11.3 Å². The summed E-state index contributed by atoms with van der Waals surface area (Å²) in [5.74, 6) is 2.90. The highest BCUT2D eigenvalue weighted by atomic mass is 32.2. The van der Waals surface area contributed by atoms with Crippen molar-refractivity contribution < 1.29 is 4.79 Å². The average molecular weight is 295 g/mol. The largest absolute Gasteiger partial charge is 0.341 e. The number of allylic oxidation sites excluding steroid dienone is 2. The Morgan fingerprint density at radius 3 is 2.90 bits per heavy atom. The second-order valence-electron chi connectivity index (χ2n) is 6.87. The fourth-order valence-corrected chi connectivity index (χ4v) is 4.44. The lowest BCUT2D eigenvalue weighted by atomic mass is 9.71. The summed E-state index contributed by atoms with van der Waals surface area (Å²) in [6.07, 6.45) is 12.0. The minimum atomic E-state index is 0.368. The molecular weight excluding hydrogens is 266 g/mol. The van der Waals surface area contributed by atoms with Gasteiger partial charge in [0.15, 0.2) is 0 Å². The molecule has 2 rings (SSSR count). The zero-order chi connectivity index (χ0) is 14.4. The molecule has 20 heavy (non-hydrogen) atoms. The summed E-state index contributed by atoms with van der Waals surface area (Å²) in [7, 11) is 0. The van der Waals surface area contributed by atoms with Crippen LogP contribution >= 0.6 is 11.8 Å². The van der Waals surface area contributed by atoms with Gasteiger partial charge >= 0.3 is 0 Å². The molecule has 1 amide bonds. The van der Waals surface area contributed by atoms with Crippen molar-refractivity contribution >= 4 is 17.7 Å². The molecule has 1 fully saturated rings. The third-order valence-electron chi connectivity index (χ3n) is 4.64. The number of hydrogen-bond donors (Lipinski definition) is 0. The molecule has 0 unspecified atom stereocenters. The molecular formula is C17H29NOS. The fourth-order valence-electron chi connectivity index (χ4n) is 3.30. The van der Waals surface area contributed by atoms with Gasteiger partial charge in [-0.2, -0.15) is 11.8 Å². The number of nitrogens with zero attached hydrogens (tertiary/aromatic N) is 1. The van der Waals surface area contributed by atoms with E-state index in [0.29, 0.717) is 17.1 Å². The fraction of sp³-hybridized carbons (Fsp3) is 0.824. The van der Waals surface area contributed by atoms with E-state index in [9.17, 15) is 4.79 Å². The maximum atomic E-state index is 12.4. The molecule has 3 heteroatoms. The van der Waals surface area contributed by atoms with Crippen LogP contribution in [0.25, 0.3) is 0 Å². The first-order valence-corrected chi connectivity index (χ1v) is 9.27. The average Bonchev–Trinajstić information content (AvgIpc) is 2.44. The Morgan fingerprint density at radius 1 is 1.35 bits per heavy atom. The van der Waals surface area contributed by atoms with Crippen LogP contribution in [0.2, 0.25) is 0 Å². The number of thioether (sulfide) groups is 1. The molecule has 1 atom stereocenters. The van der Waals surface area contributed by atoms with E-state index in [1.54, 1.807) is 0 Å². The van der Waals surface area contributed by atoms with Gasteiger partial charge in [-0.15, -0.1) is 0 Å². The molecule has 114 valence electrons. The molecule has 1 saturated heterocycles. The van der Waals surface area contributed by atoms with Crippen molar-refractivity contribution in [2.24, 2.45) is 11.3 Å². The maximum Gasteiger partial charge on any atom is 0.232 e. The highest BCUT2D eigenvalue weighted by Gasteiger charge is 2.36. The van der Waals surface area contributed by atoms with Gasteiger partial charge in [-0.05, 0) is 55.6 Å². The van der Waals surface area contributed by atoms with Gasteiger partial charge in [0, 0.05) is 13.1 Å². The highest BCUT2D eigenvalue weighted by molar-refractivity contribution is 7.99. The van der Waals surface area contributed by atoms with Crippen LogP contribution in [0.15, 0.2) is 12.2 Å². The Hall–Kier alpha value is -0.440. The van der Waals surface area contributed by atoms with Crippen LogP contribution in [0.3, 0.4) is 0 Å². The molecule has 0 aromatic rings. The molecule has 1 aliphatic heterocycles. The molecule has 1 aliphatic carbocycles. The van der Waals surface area contributed by atoms with E-state index in [0.717, 1.165) is 24.8 Å². The van der Waals surface area contributed by atoms with Crippen molar-refractivity contribution in [3.05, 3.63) is 12.2 Å². The lowest BCUT2D eigenvalue weighted by Gasteiger charge is -2.44. The van der Waals surface area contributed by atoms with Crippen LogP contribution in [0.5, 0.6) is 0 Å². The van der Waals surface area contributed by atoms with E-state index in [1.807, 2.05) is 11.8 Å². The Balaban J connectivity index is 1.76. The van der Waals surface area contributed by atoms with Gasteiger partial charge in [0.25, 0.3) is 0 Å². The smallest absolute Gasteiger partial charge is 0.232 e. The Kier molecular flexibility index (Phi) is 6.01. The number of carbonyl (C=O) groups excluding carboxylic acids is 1. The highest BCUT2D eigenvalue weighted by Crippen LogP contribution is 2.40. The summed E-state index contributed by atoms with van der Waals surface area (Å²) in [4.78, 5) is 14.5. The van der Waals surface area contributed by atoms with Crippen molar-refractivity contribution in [1.29, 1.82) is 0 Å². The van der Waals surface area contributed by atoms with Gasteiger partial charge in [0.1, 0.15) is 0 Å². The van der Waals surface area contributed by atoms with Crippen LogP contribution in [-0.4, -0.2) is 35.4 Å². The topological polar surface area (TPSA) is 20.3 Å². The van der Waals surface area contributed by atoms with Gasteiger partial charge < -0.3 is 4.90 Å². The van der Waals surface area contributed by atoms with Gasteiger partial charge in [0.05, 0.1) is 5.75 Å². The number of carbonyl (C=O) groups is 1. The SMILES string of the molecule is CC(C)CCSCC(=O)N1CCC[C@]2(CC=CCC2)C1. The van der Waals surface area contributed by atoms with Crippen molar-refractivity contribution in [1.82, 2.24) is 4.90 Å². The van der Waals surface area contributed by atoms with Crippen molar-refractivity contribution in [3.63, 3.8) is 0 Å². The predicted octanol–water partition coefficient (Wildman–Crippen LogP) is 4.11. The Bertz CT molecular complexity index is 353. The van der Waals surface area contributed by atoms with E-state index in [-0.39, 0.29) is 0 Å².